The molecule has 1 unspecified atom stereocenters. The number of rotatable bonds is 4. The van der Waals surface area contributed by atoms with Gasteiger partial charge < -0.3 is 4.90 Å². The molecule has 2 rings (SSSR count). The van der Waals surface area contributed by atoms with E-state index in [0.717, 1.165) is 24.7 Å². The molecule has 1 aliphatic heterocycles. The molecule has 1 aliphatic rings. The summed E-state index contributed by atoms with van der Waals surface area (Å²) >= 11 is 6.04. The van der Waals surface area contributed by atoms with Gasteiger partial charge in [0.2, 0.25) is 0 Å². The van der Waals surface area contributed by atoms with Crippen LogP contribution in [-0.2, 0) is 0 Å². The highest BCUT2D eigenvalue weighted by molar-refractivity contribution is 6.33. The minimum Gasteiger partial charge on any atom is -0.369 e. The molecule has 1 aromatic rings. The molecule has 4 nitrogen and oxygen atoms in total. The van der Waals surface area contributed by atoms with Gasteiger partial charge in [0.25, 0.3) is 5.56 Å². The summed E-state index contributed by atoms with van der Waals surface area (Å²) in [6.45, 7) is 6.44. The second kappa shape index (κ2) is 5.74. The second-order valence-corrected chi connectivity index (χ2v) is 5.35. The Kier molecular flexibility index (Phi) is 4.27. The molecular weight excluding hydrogens is 250 g/mol. The smallest absolute Gasteiger partial charge is 0.285 e. The summed E-state index contributed by atoms with van der Waals surface area (Å²) in [6, 6.07) is 0. The van der Waals surface area contributed by atoms with Crippen molar-refractivity contribution in [2.24, 2.45) is 11.8 Å². The number of nitrogens with zero attached hydrogens (tertiary/aromatic N) is 2. The fourth-order valence-electron chi connectivity index (χ4n) is 2.94. The third-order valence-corrected chi connectivity index (χ3v) is 4.42. The van der Waals surface area contributed by atoms with Crippen LogP contribution in [0.1, 0.15) is 33.1 Å². The highest BCUT2D eigenvalue weighted by atomic mass is 35.5. The average molecular weight is 270 g/mol. The molecule has 1 fully saturated rings. The van der Waals surface area contributed by atoms with Crippen LogP contribution in [0, 0.1) is 11.8 Å². The SMILES string of the molecule is CCC(CC)C1CCN(c2cn[nH]c(=O)c2Cl)C1. The lowest BCUT2D eigenvalue weighted by Crippen LogP contribution is -2.25. The van der Waals surface area contributed by atoms with Crippen molar-refractivity contribution < 1.29 is 0 Å². The maximum atomic E-state index is 11.4. The number of H-pyrrole nitrogens is 1. The first-order chi connectivity index (χ1) is 8.67. The largest absolute Gasteiger partial charge is 0.369 e. The van der Waals surface area contributed by atoms with Crippen LogP contribution in [0.4, 0.5) is 5.69 Å². The zero-order valence-corrected chi connectivity index (χ0v) is 11.7. The van der Waals surface area contributed by atoms with E-state index >= 15 is 0 Å². The van der Waals surface area contributed by atoms with Gasteiger partial charge in [-0.3, -0.25) is 4.79 Å². The number of hydrogen-bond donors (Lipinski definition) is 1. The van der Waals surface area contributed by atoms with Gasteiger partial charge in [0.1, 0.15) is 5.02 Å². The van der Waals surface area contributed by atoms with Crippen LogP contribution in [0.15, 0.2) is 11.0 Å². The number of aromatic amines is 1. The van der Waals surface area contributed by atoms with E-state index in [4.69, 9.17) is 11.6 Å². The Balaban J connectivity index is 2.13. The molecule has 0 aromatic carbocycles. The van der Waals surface area contributed by atoms with Crippen LogP contribution in [0.5, 0.6) is 0 Å². The summed E-state index contributed by atoms with van der Waals surface area (Å²) in [5, 5.41) is 6.45. The lowest BCUT2D eigenvalue weighted by molar-refractivity contribution is 0.339. The van der Waals surface area contributed by atoms with Crippen LogP contribution in [-0.4, -0.2) is 23.3 Å². The molecule has 0 radical (unpaired) electrons. The summed E-state index contributed by atoms with van der Waals surface area (Å²) < 4.78 is 0. The standard InChI is InChI=1S/C13H20ClN3O/c1-3-9(4-2)10-5-6-17(8-10)11-7-15-16-13(18)12(11)14/h7,9-10H,3-6,8H2,1-2H3,(H,16,18). The van der Waals surface area contributed by atoms with Crippen molar-refractivity contribution in [3.63, 3.8) is 0 Å². The Morgan fingerprint density at radius 2 is 2.28 bits per heavy atom. The minimum absolute atomic E-state index is 0.259. The predicted molar refractivity (Wildman–Crippen MR) is 74.3 cm³/mol. The molecule has 18 heavy (non-hydrogen) atoms. The van der Waals surface area contributed by atoms with Gasteiger partial charge in [0.05, 0.1) is 11.9 Å². The number of aromatic nitrogens is 2. The first-order valence-electron chi connectivity index (χ1n) is 6.65. The summed E-state index contributed by atoms with van der Waals surface area (Å²) in [4.78, 5) is 13.6. The zero-order chi connectivity index (χ0) is 13.1. The Morgan fingerprint density at radius 3 is 2.94 bits per heavy atom. The highest BCUT2D eigenvalue weighted by Gasteiger charge is 2.29. The third kappa shape index (κ3) is 2.53. The van der Waals surface area contributed by atoms with Gasteiger partial charge in [-0.05, 0) is 18.3 Å². The second-order valence-electron chi connectivity index (χ2n) is 4.97. The molecule has 0 aliphatic carbocycles. The predicted octanol–water partition coefficient (Wildman–Crippen LogP) is 2.69. The molecule has 1 N–H and O–H groups in total. The number of hydrogen-bond acceptors (Lipinski definition) is 3. The third-order valence-electron chi connectivity index (χ3n) is 4.06. The topological polar surface area (TPSA) is 49.0 Å². The van der Waals surface area contributed by atoms with Gasteiger partial charge in [-0.2, -0.15) is 5.10 Å². The number of anilines is 1. The summed E-state index contributed by atoms with van der Waals surface area (Å²) in [5.74, 6) is 1.47. The van der Waals surface area contributed by atoms with E-state index in [0.29, 0.717) is 5.92 Å². The van der Waals surface area contributed by atoms with Crippen molar-refractivity contribution >= 4 is 17.3 Å². The first kappa shape index (κ1) is 13.4. The van der Waals surface area contributed by atoms with Crippen LogP contribution >= 0.6 is 11.6 Å². The molecule has 5 heteroatoms. The summed E-state index contributed by atoms with van der Waals surface area (Å²) in [5.41, 5.74) is 0.467. The molecule has 0 amide bonds. The van der Waals surface area contributed by atoms with Crippen LogP contribution < -0.4 is 10.5 Å². The highest BCUT2D eigenvalue weighted by Crippen LogP contribution is 2.33. The van der Waals surface area contributed by atoms with Gasteiger partial charge in [-0.1, -0.05) is 38.3 Å². The Hall–Kier alpha value is -1.03. The Labute approximate surface area is 112 Å². The van der Waals surface area contributed by atoms with Crippen LogP contribution in [0.25, 0.3) is 0 Å². The van der Waals surface area contributed by atoms with Gasteiger partial charge in [0, 0.05) is 13.1 Å². The van der Waals surface area contributed by atoms with Gasteiger partial charge >= 0.3 is 0 Å². The first-order valence-corrected chi connectivity index (χ1v) is 7.03. The van der Waals surface area contributed by atoms with Crippen molar-refractivity contribution in [2.75, 3.05) is 18.0 Å². The average Bonchev–Trinajstić information content (AvgIpc) is 2.84. The van der Waals surface area contributed by atoms with E-state index in [1.807, 2.05) is 0 Å². The monoisotopic (exact) mass is 269 g/mol. The quantitative estimate of drug-likeness (QED) is 0.914. The van der Waals surface area contributed by atoms with Crippen molar-refractivity contribution in [1.29, 1.82) is 0 Å². The normalized spacial score (nSPS) is 19.8. The summed E-state index contributed by atoms with van der Waals surface area (Å²) in [7, 11) is 0. The fraction of sp³-hybridized carbons (Fsp3) is 0.692. The van der Waals surface area contributed by atoms with E-state index in [-0.39, 0.29) is 10.6 Å². The molecule has 0 spiro atoms. The van der Waals surface area contributed by atoms with Crippen LogP contribution in [0.2, 0.25) is 5.02 Å². The van der Waals surface area contributed by atoms with Crippen LogP contribution in [0.3, 0.4) is 0 Å². The molecule has 2 heterocycles. The lowest BCUT2D eigenvalue weighted by atomic mass is 9.87. The molecule has 1 aromatic heterocycles. The Morgan fingerprint density at radius 1 is 1.56 bits per heavy atom. The van der Waals surface area contributed by atoms with Gasteiger partial charge in [0.15, 0.2) is 0 Å². The molecule has 1 atom stereocenters. The minimum atomic E-state index is -0.305. The molecule has 1 saturated heterocycles. The molecular formula is C13H20ClN3O. The van der Waals surface area contributed by atoms with E-state index in [1.165, 1.54) is 19.3 Å². The Bertz CT molecular complexity index is 456. The fourth-order valence-corrected chi connectivity index (χ4v) is 3.15. The molecule has 0 bridgehead atoms. The maximum absolute atomic E-state index is 11.4. The zero-order valence-electron chi connectivity index (χ0n) is 10.9. The van der Waals surface area contributed by atoms with Gasteiger partial charge in [-0.25, -0.2) is 5.10 Å². The van der Waals surface area contributed by atoms with Gasteiger partial charge in [-0.15, -0.1) is 0 Å². The number of nitrogens with one attached hydrogen (secondary N) is 1. The van der Waals surface area contributed by atoms with Crippen molar-refractivity contribution in [3.8, 4) is 0 Å². The van der Waals surface area contributed by atoms with E-state index in [2.05, 4.69) is 28.9 Å². The van der Waals surface area contributed by atoms with Crippen molar-refractivity contribution in [1.82, 2.24) is 10.2 Å². The number of halogens is 1. The summed E-state index contributed by atoms with van der Waals surface area (Å²) in [6.07, 6.45) is 5.27. The molecule has 100 valence electrons. The maximum Gasteiger partial charge on any atom is 0.285 e. The van der Waals surface area contributed by atoms with E-state index < -0.39 is 0 Å². The van der Waals surface area contributed by atoms with E-state index in [9.17, 15) is 4.79 Å². The lowest BCUT2D eigenvalue weighted by Gasteiger charge is -2.22. The van der Waals surface area contributed by atoms with Crippen molar-refractivity contribution in [2.45, 2.75) is 33.1 Å². The van der Waals surface area contributed by atoms with E-state index in [1.54, 1.807) is 6.20 Å². The molecule has 0 saturated carbocycles. The van der Waals surface area contributed by atoms with Crippen molar-refractivity contribution in [3.05, 3.63) is 21.6 Å².